The molecule has 0 fully saturated rings. The summed E-state index contributed by atoms with van der Waals surface area (Å²) in [6.07, 6.45) is 4.55. The highest BCUT2D eigenvalue weighted by atomic mass is 35.5. The van der Waals surface area contributed by atoms with Crippen molar-refractivity contribution in [2.24, 2.45) is 0 Å². The fourth-order valence-corrected chi connectivity index (χ4v) is 3.09. The van der Waals surface area contributed by atoms with Crippen LogP contribution >= 0.6 is 11.6 Å². The number of rotatable bonds is 6. The third-order valence-electron chi connectivity index (χ3n) is 4.47. The lowest BCUT2D eigenvalue weighted by molar-refractivity contribution is -0.125. The Labute approximate surface area is 169 Å². The van der Waals surface area contributed by atoms with E-state index in [1.165, 1.54) is 6.08 Å². The number of fused-ring (bicyclic) bond motifs is 1. The van der Waals surface area contributed by atoms with Crippen LogP contribution in [-0.4, -0.2) is 24.5 Å². The van der Waals surface area contributed by atoms with Gasteiger partial charge in [-0.25, -0.2) is 0 Å². The molecule has 1 N–H and O–H groups in total. The van der Waals surface area contributed by atoms with Crippen LogP contribution in [0.15, 0.2) is 48.5 Å². The summed E-state index contributed by atoms with van der Waals surface area (Å²) < 4.78 is 5.70. The third-order valence-corrected chi connectivity index (χ3v) is 4.72. The van der Waals surface area contributed by atoms with Crippen molar-refractivity contribution < 1.29 is 14.3 Å². The maximum absolute atomic E-state index is 12.5. The summed E-state index contributed by atoms with van der Waals surface area (Å²) in [5, 5.41) is 3.48. The fourth-order valence-electron chi connectivity index (χ4n) is 2.96. The number of benzene rings is 2. The van der Waals surface area contributed by atoms with Crippen LogP contribution < -0.4 is 15.0 Å². The molecule has 28 heavy (non-hydrogen) atoms. The Balaban J connectivity index is 1.75. The lowest BCUT2D eigenvalue weighted by Gasteiger charge is -2.33. The highest BCUT2D eigenvalue weighted by Crippen LogP contribution is 2.36. The number of carbonyl (C=O) groups is 2. The van der Waals surface area contributed by atoms with Gasteiger partial charge in [-0.15, -0.1) is 0 Å². The van der Waals surface area contributed by atoms with E-state index in [0.29, 0.717) is 28.7 Å². The number of amides is 2. The molecule has 146 valence electrons. The Morgan fingerprint density at radius 3 is 2.71 bits per heavy atom. The molecule has 0 saturated carbocycles. The minimum Gasteiger partial charge on any atom is -0.479 e. The zero-order chi connectivity index (χ0) is 20.1. The molecule has 2 aromatic rings. The quantitative estimate of drug-likeness (QED) is 0.703. The first-order valence-corrected chi connectivity index (χ1v) is 9.72. The number of nitrogens with zero attached hydrogens (tertiary/aromatic N) is 1. The van der Waals surface area contributed by atoms with Gasteiger partial charge in [0.2, 0.25) is 5.91 Å². The van der Waals surface area contributed by atoms with Gasteiger partial charge in [0.15, 0.2) is 6.10 Å². The van der Waals surface area contributed by atoms with Gasteiger partial charge >= 0.3 is 0 Å². The van der Waals surface area contributed by atoms with Gasteiger partial charge in [0, 0.05) is 23.3 Å². The molecule has 0 aromatic heterocycles. The first-order valence-electron chi connectivity index (χ1n) is 9.34. The van der Waals surface area contributed by atoms with Crippen molar-refractivity contribution in [3.05, 3.63) is 59.1 Å². The van der Waals surface area contributed by atoms with Crippen LogP contribution in [0, 0.1) is 0 Å². The molecule has 0 spiro atoms. The number of anilines is 2. The largest absolute Gasteiger partial charge is 0.479 e. The number of hydrogen-bond acceptors (Lipinski definition) is 3. The number of unbranched alkanes of at least 4 members (excludes halogenated alkanes) is 1. The molecule has 2 aromatic carbocycles. The normalized spacial score (nSPS) is 16.0. The Bertz CT molecular complexity index is 893. The number of carbonyl (C=O) groups excluding carboxylic acids is 2. The molecule has 2 amide bonds. The molecule has 1 aliphatic heterocycles. The second-order valence-electron chi connectivity index (χ2n) is 6.66. The van der Waals surface area contributed by atoms with Crippen molar-refractivity contribution in [1.29, 1.82) is 0 Å². The van der Waals surface area contributed by atoms with Crippen LogP contribution in [0.25, 0.3) is 6.08 Å². The number of ether oxygens (including phenoxy) is 1. The van der Waals surface area contributed by atoms with E-state index in [4.69, 9.17) is 16.3 Å². The van der Waals surface area contributed by atoms with Gasteiger partial charge in [0.25, 0.3) is 5.91 Å². The minimum atomic E-state index is -0.507. The maximum atomic E-state index is 12.5. The van der Waals surface area contributed by atoms with Crippen molar-refractivity contribution in [2.45, 2.75) is 32.8 Å². The Kier molecular flexibility index (Phi) is 6.37. The molecule has 1 atom stereocenters. The van der Waals surface area contributed by atoms with E-state index < -0.39 is 6.10 Å². The Morgan fingerprint density at radius 1 is 1.25 bits per heavy atom. The number of halogens is 1. The van der Waals surface area contributed by atoms with Gasteiger partial charge in [-0.1, -0.05) is 37.1 Å². The molecule has 0 bridgehead atoms. The van der Waals surface area contributed by atoms with Crippen LogP contribution in [0.2, 0.25) is 5.02 Å². The van der Waals surface area contributed by atoms with Crippen LogP contribution in [0.1, 0.15) is 32.3 Å². The summed E-state index contributed by atoms with van der Waals surface area (Å²) in [5.74, 6) is 0.330. The summed E-state index contributed by atoms with van der Waals surface area (Å²) in [7, 11) is 0. The first kappa shape index (κ1) is 20.0. The van der Waals surface area contributed by atoms with E-state index >= 15 is 0 Å². The van der Waals surface area contributed by atoms with Crippen molar-refractivity contribution >= 4 is 40.9 Å². The van der Waals surface area contributed by atoms with Crippen molar-refractivity contribution in [2.75, 3.05) is 16.8 Å². The summed E-state index contributed by atoms with van der Waals surface area (Å²) >= 11 is 5.86. The highest BCUT2D eigenvalue weighted by Gasteiger charge is 2.31. The smallest absolute Gasteiger partial charge is 0.267 e. The molecule has 0 aliphatic carbocycles. The van der Waals surface area contributed by atoms with Crippen LogP contribution in [-0.2, 0) is 9.59 Å². The monoisotopic (exact) mass is 398 g/mol. The number of nitrogens with one attached hydrogen (secondary N) is 1. The molecule has 5 nitrogen and oxygen atoms in total. The van der Waals surface area contributed by atoms with Gasteiger partial charge in [-0.3, -0.25) is 9.59 Å². The predicted molar refractivity (Wildman–Crippen MR) is 113 cm³/mol. The summed E-state index contributed by atoms with van der Waals surface area (Å²) in [6.45, 7) is 4.46. The van der Waals surface area contributed by atoms with Gasteiger partial charge < -0.3 is 15.0 Å². The molecule has 0 radical (unpaired) electrons. The Hall–Kier alpha value is -2.79. The zero-order valence-electron chi connectivity index (χ0n) is 15.9. The zero-order valence-corrected chi connectivity index (χ0v) is 16.7. The molecule has 1 aliphatic rings. The Morgan fingerprint density at radius 2 is 2.00 bits per heavy atom. The second kappa shape index (κ2) is 8.93. The fraction of sp³-hybridized carbons (Fsp3) is 0.273. The SMILES string of the molecule is CCCCN1C(=O)C(C)Oc2ccc(NC(=O)/C=C/c3ccc(Cl)cc3)cc21. The molecule has 3 rings (SSSR count). The predicted octanol–water partition coefficient (Wildman–Crippen LogP) is 4.91. The topological polar surface area (TPSA) is 58.6 Å². The lowest BCUT2D eigenvalue weighted by atomic mass is 10.1. The molecule has 1 heterocycles. The van der Waals surface area contributed by atoms with Crippen LogP contribution in [0.4, 0.5) is 11.4 Å². The maximum Gasteiger partial charge on any atom is 0.267 e. The van der Waals surface area contributed by atoms with E-state index in [1.54, 1.807) is 48.2 Å². The average Bonchev–Trinajstić information content (AvgIpc) is 2.68. The van der Waals surface area contributed by atoms with Gasteiger partial charge in [-0.2, -0.15) is 0 Å². The van der Waals surface area contributed by atoms with E-state index in [-0.39, 0.29) is 11.8 Å². The average molecular weight is 399 g/mol. The number of hydrogen-bond donors (Lipinski definition) is 1. The van der Waals surface area contributed by atoms with Gasteiger partial charge in [-0.05, 0) is 55.3 Å². The molecule has 0 saturated heterocycles. The molecular formula is C22H23ClN2O3. The van der Waals surface area contributed by atoms with Crippen molar-refractivity contribution in [1.82, 2.24) is 0 Å². The highest BCUT2D eigenvalue weighted by molar-refractivity contribution is 6.30. The van der Waals surface area contributed by atoms with E-state index in [9.17, 15) is 9.59 Å². The van der Waals surface area contributed by atoms with E-state index in [0.717, 1.165) is 18.4 Å². The lowest BCUT2D eigenvalue weighted by Crippen LogP contribution is -2.44. The minimum absolute atomic E-state index is 0.0629. The first-order chi connectivity index (χ1) is 13.5. The summed E-state index contributed by atoms with van der Waals surface area (Å²) in [6, 6.07) is 12.5. The molecule has 6 heteroatoms. The third kappa shape index (κ3) is 4.73. The van der Waals surface area contributed by atoms with E-state index in [1.807, 2.05) is 12.1 Å². The van der Waals surface area contributed by atoms with Crippen molar-refractivity contribution in [3.63, 3.8) is 0 Å². The van der Waals surface area contributed by atoms with Crippen LogP contribution in [0.5, 0.6) is 5.75 Å². The standard InChI is InChI=1S/C22H23ClN2O3/c1-3-4-13-25-19-14-18(10-11-20(19)28-15(2)22(25)27)24-21(26)12-7-16-5-8-17(23)9-6-16/h5-12,14-15H,3-4,13H2,1-2H3,(H,24,26)/b12-7+. The van der Waals surface area contributed by atoms with Crippen molar-refractivity contribution in [3.8, 4) is 5.75 Å². The van der Waals surface area contributed by atoms with Crippen LogP contribution in [0.3, 0.4) is 0 Å². The summed E-state index contributed by atoms with van der Waals surface area (Å²) in [4.78, 5) is 26.5. The van der Waals surface area contributed by atoms with Gasteiger partial charge in [0.1, 0.15) is 5.75 Å². The summed E-state index contributed by atoms with van der Waals surface area (Å²) in [5.41, 5.74) is 2.18. The van der Waals surface area contributed by atoms with E-state index in [2.05, 4.69) is 12.2 Å². The molecule has 1 unspecified atom stereocenters. The molecular weight excluding hydrogens is 376 g/mol. The second-order valence-corrected chi connectivity index (χ2v) is 7.10. The van der Waals surface area contributed by atoms with Gasteiger partial charge in [0.05, 0.1) is 5.69 Å².